The Labute approximate surface area is 87.7 Å². The van der Waals surface area contributed by atoms with E-state index in [1.807, 2.05) is 16.9 Å². The van der Waals surface area contributed by atoms with E-state index in [2.05, 4.69) is 22.7 Å². The van der Waals surface area contributed by atoms with Gasteiger partial charge in [0.25, 0.3) is 0 Å². The molecule has 0 unspecified atom stereocenters. The summed E-state index contributed by atoms with van der Waals surface area (Å²) >= 11 is 0. The van der Waals surface area contributed by atoms with Crippen molar-refractivity contribution in [3.8, 4) is 6.07 Å². The van der Waals surface area contributed by atoms with Crippen molar-refractivity contribution in [2.45, 2.75) is 32.2 Å². The lowest BCUT2D eigenvalue weighted by molar-refractivity contribution is 0.787. The molecule has 2 heterocycles. The highest BCUT2D eigenvalue weighted by Crippen LogP contribution is 2.41. The summed E-state index contributed by atoms with van der Waals surface area (Å²) in [5.41, 5.74) is 2.71. The van der Waals surface area contributed by atoms with Crippen LogP contribution < -0.4 is 0 Å². The number of hydrogen-bond donors (Lipinski definition) is 0. The van der Waals surface area contributed by atoms with Crippen molar-refractivity contribution in [2.24, 2.45) is 0 Å². The fourth-order valence-corrected chi connectivity index (χ4v) is 2.04. The molecule has 2 aromatic heterocycles. The average molecular weight is 200 g/mol. The number of hydrogen-bond acceptors (Lipinski definition) is 2. The van der Waals surface area contributed by atoms with Crippen molar-refractivity contribution >= 4 is 5.65 Å². The maximum Gasteiger partial charge on any atom is 0.154 e. The Morgan fingerprint density at radius 1 is 1.53 bits per heavy atom. The minimum Gasteiger partial charge on any atom is -0.331 e. The van der Waals surface area contributed by atoms with Crippen LogP contribution in [0.1, 0.15) is 36.9 Å². The number of imidazole rings is 1. The zero-order valence-electron chi connectivity index (χ0n) is 8.64. The Kier molecular flexibility index (Phi) is 1.63. The zero-order chi connectivity index (χ0) is 10.4. The van der Waals surface area contributed by atoms with Crippen LogP contribution in [0.25, 0.3) is 5.65 Å². The Morgan fingerprint density at radius 3 is 2.93 bits per heavy atom. The quantitative estimate of drug-likeness (QED) is 0.743. The number of aromatic nitrogens is 3. The van der Waals surface area contributed by atoms with Crippen molar-refractivity contribution in [2.75, 3.05) is 0 Å². The molecule has 4 nitrogen and oxygen atoms in total. The third-order valence-electron chi connectivity index (χ3n) is 2.99. The van der Waals surface area contributed by atoms with E-state index in [0.29, 0.717) is 5.92 Å². The largest absolute Gasteiger partial charge is 0.331 e. The van der Waals surface area contributed by atoms with Crippen LogP contribution in [0.15, 0.2) is 12.4 Å². The van der Waals surface area contributed by atoms with Crippen LogP contribution in [0.4, 0.5) is 0 Å². The summed E-state index contributed by atoms with van der Waals surface area (Å²) in [5.74, 6) is 0.532. The third kappa shape index (κ3) is 1.09. The SMILES string of the molecule is CCn1ccn2nc(C3CC3)c(C#N)c12. The monoisotopic (exact) mass is 200 g/mol. The standard InChI is InChI=1S/C11H12N4/c1-2-14-5-6-15-11(14)9(7-12)10(13-15)8-3-4-8/h5-6,8H,2-4H2,1H3. The highest BCUT2D eigenvalue weighted by molar-refractivity contribution is 5.60. The van der Waals surface area contributed by atoms with E-state index in [1.165, 1.54) is 12.8 Å². The van der Waals surface area contributed by atoms with Crippen molar-refractivity contribution in [1.29, 1.82) is 5.26 Å². The summed E-state index contributed by atoms with van der Waals surface area (Å²) in [6, 6.07) is 2.30. The molecule has 76 valence electrons. The van der Waals surface area contributed by atoms with Crippen LogP contribution in [0, 0.1) is 11.3 Å². The predicted octanol–water partition coefficient (Wildman–Crippen LogP) is 1.90. The third-order valence-corrected chi connectivity index (χ3v) is 2.99. The van der Waals surface area contributed by atoms with Gasteiger partial charge in [0.2, 0.25) is 0 Å². The lowest BCUT2D eigenvalue weighted by Gasteiger charge is -1.96. The van der Waals surface area contributed by atoms with Gasteiger partial charge in [-0.25, -0.2) is 4.52 Å². The molecule has 2 aromatic rings. The van der Waals surface area contributed by atoms with E-state index in [1.54, 1.807) is 0 Å². The van der Waals surface area contributed by atoms with E-state index >= 15 is 0 Å². The second-order valence-corrected chi connectivity index (χ2v) is 4.00. The van der Waals surface area contributed by atoms with Gasteiger partial charge in [0, 0.05) is 24.9 Å². The first-order chi connectivity index (χ1) is 7.35. The molecule has 4 heteroatoms. The molecule has 0 amide bonds. The van der Waals surface area contributed by atoms with E-state index < -0.39 is 0 Å². The van der Waals surface area contributed by atoms with Crippen molar-refractivity contribution in [3.63, 3.8) is 0 Å². The molecule has 0 saturated heterocycles. The maximum absolute atomic E-state index is 9.20. The van der Waals surface area contributed by atoms with Crippen LogP contribution in [0.3, 0.4) is 0 Å². The van der Waals surface area contributed by atoms with Gasteiger partial charge in [-0.1, -0.05) is 0 Å². The Hall–Kier alpha value is -1.76. The lowest BCUT2D eigenvalue weighted by Crippen LogP contribution is -1.93. The van der Waals surface area contributed by atoms with Crippen LogP contribution in [-0.2, 0) is 6.54 Å². The number of fused-ring (bicyclic) bond motifs is 1. The summed E-state index contributed by atoms with van der Waals surface area (Å²) < 4.78 is 3.90. The van der Waals surface area contributed by atoms with Crippen molar-refractivity contribution < 1.29 is 0 Å². The van der Waals surface area contributed by atoms with E-state index in [4.69, 9.17) is 0 Å². The second-order valence-electron chi connectivity index (χ2n) is 4.00. The lowest BCUT2D eigenvalue weighted by atomic mass is 10.2. The van der Waals surface area contributed by atoms with Gasteiger partial charge in [-0.15, -0.1) is 0 Å². The molecule has 0 radical (unpaired) electrons. The van der Waals surface area contributed by atoms with Gasteiger partial charge in [-0.05, 0) is 19.8 Å². The van der Waals surface area contributed by atoms with Crippen LogP contribution in [0.2, 0.25) is 0 Å². The van der Waals surface area contributed by atoms with E-state index in [9.17, 15) is 5.26 Å². The van der Waals surface area contributed by atoms with Crippen LogP contribution in [-0.4, -0.2) is 14.2 Å². The summed E-state index contributed by atoms with van der Waals surface area (Å²) in [6.07, 6.45) is 6.26. The van der Waals surface area contributed by atoms with Gasteiger partial charge in [-0.3, -0.25) is 0 Å². The van der Waals surface area contributed by atoms with Gasteiger partial charge in [0.15, 0.2) is 5.65 Å². The smallest absolute Gasteiger partial charge is 0.154 e. The molecule has 0 atom stereocenters. The highest BCUT2D eigenvalue weighted by Gasteiger charge is 2.31. The molecule has 1 fully saturated rings. The predicted molar refractivity (Wildman–Crippen MR) is 55.5 cm³/mol. The number of rotatable bonds is 2. The summed E-state index contributed by atoms with van der Waals surface area (Å²) in [6.45, 7) is 2.95. The molecule has 0 N–H and O–H groups in total. The fourth-order valence-electron chi connectivity index (χ4n) is 2.04. The molecular weight excluding hydrogens is 188 g/mol. The number of aryl methyl sites for hydroxylation is 1. The van der Waals surface area contributed by atoms with Crippen LogP contribution >= 0.6 is 0 Å². The first-order valence-corrected chi connectivity index (χ1v) is 5.32. The normalized spacial score (nSPS) is 15.7. The topological polar surface area (TPSA) is 46.0 Å². The zero-order valence-corrected chi connectivity index (χ0v) is 8.64. The van der Waals surface area contributed by atoms with Gasteiger partial charge < -0.3 is 4.57 Å². The Balaban J connectivity index is 2.30. The minimum atomic E-state index is 0.532. The summed E-state index contributed by atoms with van der Waals surface area (Å²) in [4.78, 5) is 0. The second kappa shape index (κ2) is 2.86. The fraction of sp³-hybridized carbons (Fsp3) is 0.455. The Morgan fingerprint density at radius 2 is 2.33 bits per heavy atom. The van der Waals surface area contributed by atoms with E-state index in [-0.39, 0.29) is 0 Å². The van der Waals surface area contributed by atoms with Gasteiger partial charge in [-0.2, -0.15) is 10.4 Å². The summed E-state index contributed by atoms with van der Waals surface area (Å²) in [7, 11) is 0. The average Bonchev–Trinajstić information content (AvgIpc) is 2.91. The molecule has 0 aliphatic heterocycles. The minimum absolute atomic E-state index is 0.532. The molecule has 1 aliphatic rings. The maximum atomic E-state index is 9.20. The summed E-state index contributed by atoms with van der Waals surface area (Å²) in [5, 5.41) is 13.7. The van der Waals surface area contributed by atoms with Gasteiger partial charge >= 0.3 is 0 Å². The first kappa shape index (κ1) is 8.54. The molecule has 0 bridgehead atoms. The van der Waals surface area contributed by atoms with Crippen molar-refractivity contribution in [3.05, 3.63) is 23.7 Å². The van der Waals surface area contributed by atoms with Crippen molar-refractivity contribution in [1.82, 2.24) is 14.2 Å². The Bertz CT molecular complexity index is 551. The molecular formula is C11H12N4. The molecule has 1 aliphatic carbocycles. The highest BCUT2D eigenvalue weighted by atomic mass is 15.3. The molecule has 1 saturated carbocycles. The van der Waals surface area contributed by atoms with E-state index in [0.717, 1.165) is 23.4 Å². The molecule has 15 heavy (non-hydrogen) atoms. The van der Waals surface area contributed by atoms with Gasteiger partial charge in [0.05, 0.1) is 5.69 Å². The molecule has 3 rings (SSSR count). The molecule has 0 aromatic carbocycles. The molecule has 0 spiro atoms. The number of nitrogens with zero attached hydrogens (tertiary/aromatic N) is 4. The van der Waals surface area contributed by atoms with Crippen LogP contribution in [0.5, 0.6) is 0 Å². The number of nitriles is 1. The first-order valence-electron chi connectivity index (χ1n) is 5.32. The van der Waals surface area contributed by atoms with Gasteiger partial charge in [0.1, 0.15) is 11.6 Å².